The SMILES string of the molecule is C=C(C)OS. The maximum Gasteiger partial charge on any atom is 0.103 e. The van der Waals surface area contributed by atoms with Crippen LogP contribution in [0, 0.1) is 0 Å². The van der Waals surface area contributed by atoms with Gasteiger partial charge in [0.1, 0.15) is 5.76 Å². The van der Waals surface area contributed by atoms with Crippen molar-refractivity contribution in [3.63, 3.8) is 0 Å². The van der Waals surface area contributed by atoms with Crippen LogP contribution in [0.2, 0.25) is 0 Å². The molecule has 0 aliphatic carbocycles. The molecule has 2 heteroatoms. The van der Waals surface area contributed by atoms with Crippen LogP contribution in [-0.4, -0.2) is 0 Å². The summed E-state index contributed by atoms with van der Waals surface area (Å²) in [6.07, 6.45) is 0. The molecule has 0 heterocycles. The van der Waals surface area contributed by atoms with Crippen LogP contribution in [0.15, 0.2) is 12.3 Å². The van der Waals surface area contributed by atoms with E-state index < -0.39 is 0 Å². The summed E-state index contributed by atoms with van der Waals surface area (Å²) in [7, 11) is 0. The molecule has 1 nitrogen and oxygen atoms in total. The van der Waals surface area contributed by atoms with Gasteiger partial charge in [-0.3, -0.25) is 0 Å². The largest absolute Gasteiger partial charge is 0.434 e. The standard InChI is InChI=1S/C3H6OS/c1-3(2)4-5/h5H,1H2,2H3. The zero-order valence-corrected chi connectivity index (χ0v) is 3.96. The van der Waals surface area contributed by atoms with E-state index in [4.69, 9.17) is 0 Å². The molecule has 0 aromatic rings. The third-order valence-corrected chi connectivity index (χ3v) is 0.468. The van der Waals surface area contributed by atoms with Crippen LogP contribution < -0.4 is 0 Å². The van der Waals surface area contributed by atoms with Gasteiger partial charge in [-0.1, -0.05) is 6.58 Å². The van der Waals surface area contributed by atoms with Crippen molar-refractivity contribution >= 4 is 12.9 Å². The first-order valence-corrected chi connectivity index (χ1v) is 1.61. The summed E-state index contributed by atoms with van der Waals surface area (Å²) >= 11 is 3.42. The maximum absolute atomic E-state index is 4.25. The fourth-order valence-corrected chi connectivity index (χ4v) is 0. The Kier molecular flexibility index (Phi) is 2.10. The van der Waals surface area contributed by atoms with E-state index in [-0.39, 0.29) is 0 Å². The molecule has 0 N–H and O–H groups in total. The normalized spacial score (nSPS) is 6.80. The molecule has 0 saturated heterocycles. The Morgan fingerprint density at radius 1 is 2.00 bits per heavy atom. The summed E-state index contributed by atoms with van der Waals surface area (Å²) in [6.45, 7) is 5.10. The predicted molar refractivity (Wildman–Crippen MR) is 24.9 cm³/mol. The van der Waals surface area contributed by atoms with Gasteiger partial charge in [-0.15, -0.1) is 0 Å². The average Bonchev–Trinajstić information content (AvgIpc) is 1.38. The zero-order valence-electron chi connectivity index (χ0n) is 3.06. The minimum Gasteiger partial charge on any atom is -0.434 e. The third kappa shape index (κ3) is 3.89. The van der Waals surface area contributed by atoms with E-state index in [1.165, 1.54) is 0 Å². The highest BCUT2D eigenvalue weighted by atomic mass is 32.1. The van der Waals surface area contributed by atoms with Crippen molar-refractivity contribution in [2.45, 2.75) is 6.92 Å². The van der Waals surface area contributed by atoms with Gasteiger partial charge in [0, 0.05) is 12.9 Å². The van der Waals surface area contributed by atoms with Crippen molar-refractivity contribution < 1.29 is 4.18 Å². The van der Waals surface area contributed by atoms with Gasteiger partial charge in [-0.2, -0.15) is 0 Å². The van der Waals surface area contributed by atoms with E-state index in [0.29, 0.717) is 5.76 Å². The highest BCUT2D eigenvalue weighted by molar-refractivity contribution is 7.75. The van der Waals surface area contributed by atoms with E-state index in [2.05, 4.69) is 23.7 Å². The topological polar surface area (TPSA) is 9.23 Å². The monoisotopic (exact) mass is 90.0 g/mol. The smallest absolute Gasteiger partial charge is 0.103 e. The Morgan fingerprint density at radius 3 is 2.20 bits per heavy atom. The van der Waals surface area contributed by atoms with E-state index in [1.54, 1.807) is 6.92 Å². The first-order valence-electron chi connectivity index (χ1n) is 1.24. The molecule has 30 valence electrons. The molecule has 0 bridgehead atoms. The maximum atomic E-state index is 4.25. The fourth-order valence-electron chi connectivity index (χ4n) is 0. The lowest BCUT2D eigenvalue weighted by atomic mass is 10.7. The van der Waals surface area contributed by atoms with Crippen molar-refractivity contribution in [2.75, 3.05) is 0 Å². The average molecular weight is 90.1 g/mol. The molecule has 0 aliphatic rings. The molecule has 0 spiro atoms. The van der Waals surface area contributed by atoms with Crippen molar-refractivity contribution in [1.29, 1.82) is 0 Å². The molecule has 5 heavy (non-hydrogen) atoms. The molecule has 0 rings (SSSR count). The molecule has 0 radical (unpaired) electrons. The quantitative estimate of drug-likeness (QED) is 0.291. The molecule has 0 saturated carbocycles. The number of allylic oxidation sites excluding steroid dienone is 1. The Morgan fingerprint density at radius 2 is 2.20 bits per heavy atom. The van der Waals surface area contributed by atoms with Gasteiger partial charge in [0.15, 0.2) is 0 Å². The van der Waals surface area contributed by atoms with Crippen LogP contribution in [0.5, 0.6) is 0 Å². The Balaban J connectivity index is 2.85. The lowest BCUT2D eigenvalue weighted by Crippen LogP contribution is -1.61. The van der Waals surface area contributed by atoms with E-state index in [0.717, 1.165) is 0 Å². The molecular formula is C3H6OS. The van der Waals surface area contributed by atoms with E-state index >= 15 is 0 Å². The first kappa shape index (κ1) is 4.89. The second-order valence-corrected chi connectivity index (χ2v) is 0.976. The van der Waals surface area contributed by atoms with Crippen LogP contribution in [0.4, 0.5) is 0 Å². The number of rotatable bonds is 1. The van der Waals surface area contributed by atoms with Gasteiger partial charge >= 0.3 is 0 Å². The van der Waals surface area contributed by atoms with Gasteiger partial charge in [-0.25, -0.2) is 0 Å². The summed E-state index contributed by atoms with van der Waals surface area (Å²) in [5.74, 6) is 0.619. The molecule has 0 aromatic carbocycles. The summed E-state index contributed by atoms with van der Waals surface area (Å²) in [4.78, 5) is 0. The minimum absolute atomic E-state index is 0.619. The molecule has 0 atom stereocenters. The number of thiol groups is 1. The number of hydrogen-bond acceptors (Lipinski definition) is 2. The Bertz CT molecular complexity index is 42.2. The van der Waals surface area contributed by atoms with Crippen LogP contribution in [-0.2, 0) is 4.18 Å². The zero-order chi connectivity index (χ0) is 4.28. The lowest BCUT2D eigenvalue weighted by molar-refractivity contribution is 0.515. The van der Waals surface area contributed by atoms with Crippen molar-refractivity contribution in [3.05, 3.63) is 12.3 Å². The van der Waals surface area contributed by atoms with Gasteiger partial charge < -0.3 is 4.18 Å². The van der Waals surface area contributed by atoms with Gasteiger partial charge in [-0.05, 0) is 6.92 Å². The number of hydrogen-bond donors (Lipinski definition) is 1. The van der Waals surface area contributed by atoms with Crippen LogP contribution >= 0.6 is 12.9 Å². The second kappa shape index (κ2) is 2.15. The lowest BCUT2D eigenvalue weighted by Gasteiger charge is -1.85. The van der Waals surface area contributed by atoms with E-state index in [1.807, 2.05) is 0 Å². The van der Waals surface area contributed by atoms with Crippen molar-refractivity contribution in [2.24, 2.45) is 0 Å². The summed E-state index contributed by atoms with van der Waals surface area (Å²) in [5, 5.41) is 0. The molecular weight excluding hydrogens is 84.1 g/mol. The van der Waals surface area contributed by atoms with Crippen LogP contribution in [0.3, 0.4) is 0 Å². The van der Waals surface area contributed by atoms with Crippen LogP contribution in [0.25, 0.3) is 0 Å². The Hall–Kier alpha value is -0.110. The highest BCUT2D eigenvalue weighted by Crippen LogP contribution is 1.89. The summed E-state index contributed by atoms with van der Waals surface area (Å²) in [5.41, 5.74) is 0. The van der Waals surface area contributed by atoms with Gasteiger partial charge in [0.25, 0.3) is 0 Å². The van der Waals surface area contributed by atoms with Gasteiger partial charge in [0.2, 0.25) is 0 Å². The highest BCUT2D eigenvalue weighted by Gasteiger charge is 1.67. The summed E-state index contributed by atoms with van der Waals surface area (Å²) in [6, 6.07) is 0. The fraction of sp³-hybridized carbons (Fsp3) is 0.333. The van der Waals surface area contributed by atoms with Crippen LogP contribution in [0.1, 0.15) is 6.92 Å². The van der Waals surface area contributed by atoms with Gasteiger partial charge in [0.05, 0.1) is 0 Å². The van der Waals surface area contributed by atoms with Crippen molar-refractivity contribution in [1.82, 2.24) is 0 Å². The molecule has 0 fully saturated rings. The summed E-state index contributed by atoms with van der Waals surface area (Å²) < 4.78 is 4.25. The molecule has 0 amide bonds. The third-order valence-electron chi connectivity index (χ3n) is 0.156. The minimum atomic E-state index is 0.619. The van der Waals surface area contributed by atoms with E-state index in [9.17, 15) is 0 Å². The predicted octanol–water partition coefficient (Wildman–Crippen LogP) is 1.38. The molecule has 0 unspecified atom stereocenters. The Labute approximate surface area is 37.3 Å². The molecule has 0 aliphatic heterocycles. The molecule has 0 aromatic heterocycles. The second-order valence-electron chi connectivity index (χ2n) is 0.793. The first-order chi connectivity index (χ1) is 2.27. The van der Waals surface area contributed by atoms with Crippen molar-refractivity contribution in [3.8, 4) is 0 Å².